The van der Waals surface area contributed by atoms with Gasteiger partial charge >= 0.3 is 6.01 Å². The monoisotopic (exact) mass is 363 g/mol. The quantitative estimate of drug-likeness (QED) is 0.716. The fourth-order valence-corrected chi connectivity index (χ4v) is 3.16. The second kappa shape index (κ2) is 8.00. The van der Waals surface area contributed by atoms with E-state index >= 15 is 0 Å². The van der Waals surface area contributed by atoms with Crippen LogP contribution in [0, 0.1) is 11.3 Å². The molecule has 2 aromatic rings. The number of hydrogen-bond donors (Lipinski definition) is 0. The lowest BCUT2D eigenvalue weighted by atomic mass is 9.84. The summed E-state index contributed by atoms with van der Waals surface area (Å²) in [6, 6.07) is 7.43. The van der Waals surface area contributed by atoms with E-state index in [1.165, 1.54) is 4.68 Å². The van der Waals surface area contributed by atoms with Gasteiger partial charge in [-0.15, -0.1) is 5.10 Å². The molecule has 25 heavy (non-hydrogen) atoms. The number of hydrogen-bond acceptors (Lipinski definition) is 4. The van der Waals surface area contributed by atoms with E-state index in [0.717, 1.165) is 12.0 Å². The lowest BCUT2D eigenvalue weighted by Gasteiger charge is -2.22. The number of carbonyl (C=O) groups excluding carboxylic acids is 1. The predicted octanol–water partition coefficient (Wildman–Crippen LogP) is 5.10. The third-order valence-corrected chi connectivity index (χ3v) is 3.90. The Bertz CT molecular complexity index is 735. The second-order valence-electron chi connectivity index (χ2n) is 7.54. The maximum atomic E-state index is 12.8. The van der Waals surface area contributed by atoms with Crippen molar-refractivity contribution in [3.8, 4) is 17.4 Å². The summed E-state index contributed by atoms with van der Waals surface area (Å²) in [4.78, 5) is 17.2. The Kier molecular flexibility index (Phi) is 6.22. The Morgan fingerprint density at radius 2 is 2.08 bits per heavy atom. The summed E-state index contributed by atoms with van der Waals surface area (Å²) >= 11 is 6.08. The highest BCUT2D eigenvalue weighted by molar-refractivity contribution is 6.30. The molecule has 5 nitrogen and oxygen atoms in total. The molecule has 0 saturated heterocycles. The molecule has 0 saturated carbocycles. The van der Waals surface area contributed by atoms with Gasteiger partial charge in [-0.2, -0.15) is 9.67 Å². The molecule has 0 fully saturated rings. The van der Waals surface area contributed by atoms with Crippen LogP contribution in [0.5, 0.6) is 6.01 Å². The molecule has 136 valence electrons. The molecule has 6 heteroatoms. The van der Waals surface area contributed by atoms with Crippen LogP contribution in [0.3, 0.4) is 0 Å². The average molecular weight is 364 g/mol. The standard InChI is InChI=1S/C19H26ClN3O2/c1-6-25-18-21-17(14-8-7-9-15(20)11-14)23(22-18)16(24)10-13(2)12-19(3,4)5/h7-9,11,13H,6,10,12H2,1-5H3. The van der Waals surface area contributed by atoms with Crippen molar-refractivity contribution >= 4 is 17.5 Å². The number of nitrogens with zero attached hydrogens (tertiary/aromatic N) is 3. The zero-order valence-electron chi connectivity index (χ0n) is 15.5. The molecule has 1 aromatic carbocycles. The molecular formula is C19H26ClN3O2. The molecule has 1 heterocycles. The Hall–Kier alpha value is -1.88. The molecular weight excluding hydrogens is 338 g/mol. The first-order valence-corrected chi connectivity index (χ1v) is 8.96. The highest BCUT2D eigenvalue weighted by Crippen LogP contribution is 2.28. The van der Waals surface area contributed by atoms with E-state index in [1.807, 2.05) is 19.1 Å². The summed E-state index contributed by atoms with van der Waals surface area (Å²) in [7, 11) is 0. The van der Waals surface area contributed by atoms with Crippen molar-refractivity contribution in [2.75, 3.05) is 6.61 Å². The van der Waals surface area contributed by atoms with E-state index in [-0.39, 0.29) is 23.3 Å². The summed E-state index contributed by atoms with van der Waals surface area (Å²) in [5.41, 5.74) is 0.914. The molecule has 0 spiro atoms. The highest BCUT2D eigenvalue weighted by Gasteiger charge is 2.23. The zero-order chi connectivity index (χ0) is 18.6. The molecule has 0 amide bonds. The Labute approximate surface area is 154 Å². The maximum absolute atomic E-state index is 12.8. The third kappa shape index (κ3) is 5.56. The van der Waals surface area contributed by atoms with Crippen molar-refractivity contribution in [3.05, 3.63) is 29.3 Å². The largest absolute Gasteiger partial charge is 0.463 e. The molecule has 2 rings (SSSR count). The highest BCUT2D eigenvalue weighted by atomic mass is 35.5. The third-order valence-electron chi connectivity index (χ3n) is 3.66. The van der Waals surface area contributed by atoms with Crippen molar-refractivity contribution in [3.63, 3.8) is 0 Å². The van der Waals surface area contributed by atoms with Gasteiger partial charge in [0, 0.05) is 17.0 Å². The van der Waals surface area contributed by atoms with Crippen LogP contribution in [0.15, 0.2) is 24.3 Å². The van der Waals surface area contributed by atoms with Crippen LogP contribution >= 0.6 is 11.6 Å². The summed E-state index contributed by atoms with van der Waals surface area (Å²) in [6.07, 6.45) is 1.36. The van der Waals surface area contributed by atoms with E-state index in [9.17, 15) is 4.79 Å². The molecule has 1 unspecified atom stereocenters. The van der Waals surface area contributed by atoms with Gasteiger partial charge in [-0.1, -0.05) is 51.4 Å². The maximum Gasteiger partial charge on any atom is 0.336 e. The normalized spacial score (nSPS) is 12.9. The first-order valence-electron chi connectivity index (χ1n) is 8.58. The van der Waals surface area contributed by atoms with E-state index in [4.69, 9.17) is 16.3 Å². The first-order chi connectivity index (χ1) is 11.7. The summed E-state index contributed by atoms with van der Waals surface area (Å²) in [5, 5.41) is 4.83. The van der Waals surface area contributed by atoms with Crippen molar-refractivity contribution < 1.29 is 9.53 Å². The van der Waals surface area contributed by atoms with Crippen molar-refractivity contribution in [2.45, 2.75) is 47.5 Å². The smallest absolute Gasteiger partial charge is 0.336 e. The van der Waals surface area contributed by atoms with Crippen LogP contribution in [0.25, 0.3) is 11.4 Å². The minimum absolute atomic E-state index is 0.0924. The molecule has 1 aromatic heterocycles. The van der Waals surface area contributed by atoms with Crippen molar-refractivity contribution in [1.82, 2.24) is 14.8 Å². The summed E-state index contributed by atoms with van der Waals surface area (Å²) in [6.45, 7) is 10.9. The van der Waals surface area contributed by atoms with Crippen LogP contribution in [0.2, 0.25) is 5.02 Å². The van der Waals surface area contributed by atoms with Crippen molar-refractivity contribution in [2.24, 2.45) is 11.3 Å². The Balaban J connectivity index is 2.30. The number of ether oxygens (including phenoxy) is 1. The minimum Gasteiger partial charge on any atom is -0.463 e. The average Bonchev–Trinajstić information content (AvgIpc) is 2.89. The van der Waals surface area contributed by atoms with Crippen LogP contribution < -0.4 is 4.74 Å². The lowest BCUT2D eigenvalue weighted by Crippen LogP contribution is -2.20. The van der Waals surface area contributed by atoms with E-state index in [0.29, 0.717) is 23.9 Å². The van der Waals surface area contributed by atoms with Crippen LogP contribution in [0.4, 0.5) is 0 Å². The van der Waals surface area contributed by atoms with Crippen LogP contribution in [-0.2, 0) is 0 Å². The van der Waals surface area contributed by atoms with Crippen LogP contribution in [-0.4, -0.2) is 27.3 Å². The Morgan fingerprint density at radius 3 is 2.68 bits per heavy atom. The van der Waals surface area contributed by atoms with Gasteiger partial charge in [-0.25, -0.2) is 0 Å². The number of aromatic nitrogens is 3. The predicted molar refractivity (Wildman–Crippen MR) is 100 cm³/mol. The fourth-order valence-electron chi connectivity index (χ4n) is 2.97. The zero-order valence-corrected chi connectivity index (χ0v) is 16.3. The molecule has 1 atom stereocenters. The summed E-state index contributed by atoms with van der Waals surface area (Å²) in [5.74, 6) is 0.614. The van der Waals surface area contributed by atoms with Gasteiger partial charge in [0.15, 0.2) is 5.82 Å². The van der Waals surface area contributed by atoms with Crippen molar-refractivity contribution in [1.29, 1.82) is 0 Å². The fraction of sp³-hybridized carbons (Fsp3) is 0.526. The molecule has 0 bridgehead atoms. The molecule has 0 aliphatic rings. The van der Waals surface area contributed by atoms with Crippen LogP contribution in [0.1, 0.15) is 52.3 Å². The van der Waals surface area contributed by atoms with Gasteiger partial charge in [0.2, 0.25) is 5.91 Å². The lowest BCUT2D eigenvalue weighted by molar-refractivity contribution is 0.0856. The minimum atomic E-state index is -0.0924. The van der Waals surface area contributed by atoms with Gasteiger partial charge in [-0.3, -0.25) is 4.79 Å². The second-order valence-corrected chi connectivity index (χ2v) is 7.98. The van der Waals surface area contributed by atoms with E-state index < -0.39 is 0 Å². The number of carbonyl (C=O) groups is 1. The molecule has 0 aliphatic carbocycles. The first kappa shape index (κ1) is 19.4. The number of benzene rings is 1. The van der Waals surface area contributed by atoms with Gasteiger partial charge in [0.05, 0.1) is 6.61 Å². The van der Waals surface area contributed by atoms with Gasteiger partial charge in [-0.05, 0) is 36.8 Å². The molecule has 0 radical (unpaired) electrons. The van der Waals surface area contributed by atoms with E-state index in [2.05, 4.69) is 37.8 Å². The number of halogens is 1. The van der Waals surface area contributed by atoms with Gasteiger partial charge in [0.25, 0.3) is 0 Å². The SMILES string of the molecule is CCOc1nc(-c2cccc(Cl)c2)n(C(=O)CC(C)CC(C)(C)C)n1. The molecule has 0 N–H and O–H groups in total. The molecule has 0 aliphatic heterocycles. The summed E-state index contributed by atoms with van der Waals surface area (Å²) < 4.78 is 6.73. The Morgan fingerprint density at radius 1 is 1.36 bits per heavy atom. The number of rotatable bonds is 6. The van der Waals surface area contributed by atoms with Gasteiger partial charge in [0.1, 0.15) is 0 Å². The van der Waals surface area contributed by atoms with Gasteiger partial charge < -0.3 is 4.74 Å². The van der Waals surface area contributed by atoms with E-state index in [1.54, 1.807) is 12.1 Å². The topological polar surface area (TPSA) is 57.0 Å².